The van der Waals surface area contributed by atoms with Gasteiger partial charge in [-0.15, -0.1) is 0 Å². The molecule has 0 unspecified atom stereocenters. The maximum Gasteiger partial charge on any atom is 0.0247 e. The summed E-state index contributed by atoms with van der Waals surface area (Å²) in [5.41, 5.74) is 7.96. The van der Waals surface area contributed by atoms with Gasteiger partial charge >= 0.3 is 0 Å². The van der Waals surface area contributed by atoms with Crippen molar-refractivity contribution in [1.29, 1.82) is 0 Å². The Hall–Kier alpha value is -1.26. The van der Waals surface area contributed by atoms with Crippen LogP contribution in [0.1, 0.15) is 37.8 Å². The highest BCUT2D eigenvalue weighted by Crippen LogP contribution is 2.06. The van der Waals surface area contributed by atoms with Crippen molar-refractivity contribution < 1.29 is 0 Å². The van der Waals surface area contributed by atoms with Gasteiger partial charge in [0.05, 0.1) is 0 Å². The lowest BCUT2D eigenvalue weighted by atomic mass is 10.1. The summed E-state index contributed by atoms with van der Waals surface area (Å²) < 4.78 is 0. The predicted molar refractivity (Wildman–Crippen MR) is 70.2 cm³/mol. The second-order valence-electron chi connectivity index (χ2n) is 4.49. The fraction of sp³-hybridized carbons (Fsp3) is 0.467. The summed E-state index contributed by atoms with van der Waals surface area (Å²) in [5.74, 6) is 7.07. The molecule has 86 valence electrons. The minimum Gasteiger partial charge on any atom is -0.330 e. The van der Waals surface area contributed by atoms with E-state index in [0.717, 1.165) is 31.4 Å². The van der Waals surface area contributed by atoms with Crippen LogP contribution in [0.5, 0.6) is 0 Å². The Balaban J connectivity index is 2.62. The normalized spacial score (nSPS) is 10.0. The fourth-order valence-corrected chi connectivity index (χ4v) is 1.47. The van der Waals surface area contributed by atoms with E-state index in [1.54, 1.807) is 0 Å². The van der Waals surface area contributed by atoms with E-state index in [0.29, 0.717) is 5.92 Å². The third-order valence-electron chi connectivity index (χ3n) is 2.34. The fourth-order valence-electron chi connectivity index (χ4n) is 1.47. The number of benzene rings is 1. The first-order chi connectivity index (χ1) is 7.72. The quantitative estimate of drug-likeness (QED) is 0.768. The highest BCUT2D eigenvalue weighted by atomic mass is 14.5. The Labute approximate surface area is 99.1 Å². The molecule has 2 N–H and O–H groups in total. The van der Waals surface area contributed by atoms with Gasteiger partial charge in [0.15, 0.2) is 0 Å². The van der Waals surface area contributed by atoms with E-state index < -0.39 is 0 Å². The first kappa shape index (κ1) is 12.8. The third-order valence-corrected chi connectivity index (χ3v) is 2.34. The number of hydrogen-bond acceptors (Lipinski definition) is 1. The van der Waals surface area contributed by atoms with Crippen LogP contribution in [0.3, 0.4) is 0 Å². The number of aryl methyl sites for hydroxylation is 1. The van der Waals surface area contributed by atoms with E-state index in [-0.39, 0.29) is 0 Å². The van der Waals surface area contributed by atoms with Crippen LogP contribution >= 0.6 is 0 Å². The smallest absolute Gasteiger partial charge is 0.0247 e. The number of nitrogens with two attached hydrogens (primary N) is 1. The summed E-state index contributed by atoms with van der Waals surface area (Å²) in [6.45, 7) is 5.13. The van der Waals surface area contributed by atoms with Crippen molar-refractivity contribution >= 4 is 0 Å². The topological polar surface area (TPSA) is 26.0 Å². The van der Waals surface area contributed by atoms with Crippen LogP contribution in [-0.2, 0) is 6.42 Å². The van der Waals surface area contributed by atoms with Crippen LogP contribution in [0.2, 0.25) is 0 Å². The van der Waals surface area contributed by atoms with E-state index in [1.165, 1.54) is 5.56 Å². The number of hydrogen-bond donors (Lipinski definition) is 1. The van der Waals surface area contributed by atoms with Gasteiger partial charge in [-0.2, -0.15) is 0 Å². The van der Waals surface area contributed by atoms with E-state index in [4.69, 9.17) is 5.73 Å². The standard InChI is InChI=1S/C15H21N/c1-13(2)6-3-7-14-8-4-9-15(12-14)10-5-11-16/h4,8-9,12-13H,5-6,10-11,16H2,1-2H3. The highest BCUT2D eigenvalue weighted by molar-refractivity contribution is 5.37. The molecule has 0 amide bonds. The first-order valence-electron chi connectivity index (χ1n) is 6.00. The molecule has 0 spiro atoms. The van der Waals surface area contributed by atoms with Gasteiger partial charge in [-0.3, -0.25) is 0 Å². The molecule has 1 nitrogen and oxygen atoms in total. The molecule has 0 aromatic heterocycles. The Morgan fingerprint density at radius 1 is 1.31 bits per heavy atom. The van der Waals surface area contributed by atoms with E-state index >= 15 is 0 Å². The molecule has 16 heavy (non-hydrogen) atoms. The summed E-state index contributed by atoms with van der Waals surface area (Å²) in [4.78, 5) is 0. The molecule has 0 aliphatic rings. The van der Waals surface area contributed by atoms with Crippen LogP contribution in [-0.4, -0.2) is 6.54 Å². The highest BCUT2D eigenvalue weighted by Gasteiger charge is 1.93. The minimum absolute atomic E-state index is 0.646. The second-order valence-corrected chi connectivity index (χ2v) is 4.49. The Kier molecular flexibility index (Phi) is 5.67. The molecule has 0 saturated heterocycles. The summed E-state index contributed by atoms with van der Waals surface area (Å²) in [7, 11) is 0. The largest absolute Gasteiger partial charge is 0.330 e. The van der Waals surface area contributed by atoms with Crippen LogP contribution in [0.4, 0.5) is 0 Å². The van der Waals surface area contributed by atoms with Crippen molar-refractivity contribution in [1.82, 2.24) is 0 Å². The van der Waals surface area contributed by atoms with E-state index in [1.807, 2.05) is 0 Å². The predicted octanol–water partition coefficient (Wildman–Crippen LogP) is 2.98. The summed E-state index contributed by atoms with van der Waals surface area (Å²) in [5, 5.41) is 0. The van der Waals surface area contributed by atoms with E-state index in [2.05, 4.69) is 50.0 Å². The van der Waals surface area contributed by atoms with Gasteiger partial charge in [0, 0.05) is 12.0 Å². The van der Waals surface area contributed by atoms with Crippen molar-refractivity contribution in [3.63, 3.8) is 0 Å². The summed E-state index contributed by atoms with van der Waals surface area (Å²) in [6, 6.07) is 8.46. The molecule has 0 fully saturated rings. The molecule has 0 bridgehead atoms. The van der Waals surface area contributed by atoms with Gasteiger partial charge in [0.2, 0.25) is 0 Å². The molecule has 1 rings (SSSR count). The van der Waals surface area contributed by atoms with Crippen molar-refractivity contribution in [2.24, 2.45) is 11.7 Å². The van der Waals surface area contributed by atoms with Crippen LogP contribution in [0, 0.1) is 17.8 Å². The molecular weight excluding hydrogens is 194 g/mol. The zero-order chi connectivity index (χ0) is 11.8. The second kappa shape index (κ2) is 7.09. The summed E-state index contributed by atoms with van der Waals surface area (Å²) >= 11 is 0. The lowest BCUT2D eigenvalue weighted by molar-refractivity contribution is 0.676. The van der Waals surface area contributed by atoms with Crippen LogP contribution in [0.25, 0.3) is 0 Å². The maximum atomic E-state index is 5.50. The van der Waals surface area contributed by atoms with Crippen LogP contribution in [0.15, 0.2) is 24.3 Å². The Morgan fingerprint density at radius 3 is 2.81 bits per heavy atom. The Morgan fingerprint density at radius 2 is 2.12 bits per heavy atom. The third kappa shape index (κ3) is 5.00. The SMILES string of the molecule is CC(C)CC#Cc1cccc(CCCN)c1. The van der Waals surface area contributed by atoms with Gasteiger partial charge in [0.25, 0.3) is 0 Å². The Bertz CT molecular complexity index is 369. The van der Waals surface area contributed by atoms with Gasteiger partial charge in [0.1, 0.15) is 0 Å². The van der Waals surface area contributed by atoms with Crippen LogP contribution < -0.4 is 5.73 Å². The average molecular weight is 215 g/mol. The molecule has 1 aromatic carbocycles. The minimum atomic E-state index is 0.646. The molecule has 0 saturated carbocycles. The zero-order valence-corrected chi connectivity index (χ0v) is 10.3. The molecule has 0 aliphatic carbocycles. The van der Waals surface area contributed by atoms with E-state index in [9.17, 15) is 0 Å². The van der Waals surface area contributed by atoms with Crippen molar-refractivity contribution in [2.75, 3.05) is 6.54 Å². The lowest BCUT2D eigenvalue weighted by Gasteiger charge is -2.00. The van der Waals surface area contributed by atoms with Gasteiger partial charge in [-0.25, -0.2) is 0 Å². The van der Waals surface area contributed by atoms with Gasteiger partial charge in [-0.05, 0) is 43.0 Å². The van der Waals surface area contributed by atoms with Crippen molar-refractivity contribution in [3.8, 4) is 11.8 Å². The summed E-state index contributed by atoms with van der Waals surface area (Å²) in [6.07, 6.45) is 3.06. The monoisotopic (exact) mass is 215 g/mol. The molecule has 0 radical (unpaired) electrons. The zero-order valence-electron chi connectivity index (χ0n) is 10.3. The maximum absolute atomic E-state index is 5.50. The molecule has 1 aromatic rings. The van der Waals surface area contributed by atoms with Crippen molar-refractivity contribution in [3.05, 3.63) is 35.4 Å². The molecular formula is C15H21N. The molecule has 0 aliphatic heterocycles. The lowest BCUT2D eigenvalue weighted by Crippen LogP contribution is -2.00. The van der Waals surface area contributed by atoms with Gasteiger partial charge in [-0.1, -0.05) is 37.8 Å². The average Bonchev–Trinajstić information content (AvgIpc) is 2.26. The first-order valence-corrected chi connectivity index (χ1v) is 6.00. The molecule has 1 heteroatoms. The number of rotatable bonds is 4. The van der Waals surface area contributed by atoms with Gasteiger partial charge < -0.3 is 5.73 Å². The molecule has 0 atom stereocenters. The molecule has 0 heterocycles. The van der Waals surface area contributed by atoms with Crippen molar-refractivity contribution in [2.45, 2.75) is 33.1 Å².